The summed E-state index contributed by atoms with van der Waals surface area (Å²) in [5.41, 5.74) is 1.61. The summed E-state index contributed by atoms with van der Waals surface area (Å²) in [6.45, 7) is 3.64. The SMILES string of the molecule is N#CCCN1CCN([C@@H](C(=O)O)c2c[nH]c3cc(Cl)ccc23)CC1. The molecule has 0 aliphatic carbocycles. The summed E-state index contributed by atoms with van der Waals surface area (Å²) in [6.07, 6.45) is 2.27. The van der Waals surface area contributed by atoms with Crippen LogP contribution in [0, 0.1) is 11.3 Å². The molecule has 1 aromatic carbocycles. The molecule has 2 N–H and O–H groups in total. The van der Waals surface area contributed by atoms with Gasteiger partial charge in [-0.2, -0.15) is 5.26 Å². The predicted molar refractivity (Wildman–Crippen MR) is 91.9 cm³/mol. The molecule has 6 nitrogen and oxygen atoms in total. The number of hydrogen-bond acceptors (Lipinski definition) is 4. The van der Waals surface area contributed by atoms with Crippen molar-refractivity contribution in [1.29, 1.82) is 5.26 Å². The molecule has 126 valence electrons. The van der Waals surface area contributed by atoms with Crippen LogP contribution in [-0.2, 0) is 4.79 Å². The molecule has 0 spiro atoms. The molecule has 7 heteroatoms. The van der Waals surface area contributed by atoms with E-state index in [0.717, 1.165) is 36.1 Å². The Morgan fingerprint density at radius 2 is 2.12 bits per heavy atom. The van der Waals surface area contributed by atoms with Crippen LogP contribution >= 0.6 is 11.6 Å². The lowest BCUT2D eigenvalue weighted by Crippen LogP contribution is -2.49. The van der Waals surface area contributed by atoms with Crippen LogP contribution in [0.3, 0.4) is 0 Å². The van der Waals surface area contributed by atoms with Crippen molar-refractivity contribution in [1.82, 2.24) is 14.8 Å². The Morgan fingerprint density at radius 1 is 1.38 bits per heavy atom. The van der Waals surface area contributed by atoms with Gasteiger partial charge in [-0.15, -0.1) is 0 Å². The molecular formula is C17H19ClN4O2. The first-order chi connectivity index (χ1) is 11.6. The number of carboxylic acid groups (broad SMARTS) is 1. The van der Waals surface area contributed by atoms with Crippen molar-refractivity contribution in [2.75, 3.05) is 32.7 Å². The third-order valence-corrected chi connectivity index (χ3v) is 4.75. The van der Waals surface area contributed by atoms with Gasteiger partial charge in [-0.3, -0.25) is 14.6 Å². The van der Waals surface area contributed by atoms with Gasteiger partial charge in [0.2, 0.25) is 0 Å². The highest BCUT2D eigenvalue weighted by Crippen LogP contribution is 2.30. The molecule has 3 rings (SSSR count). The zero-order chi connectivity index (χ0) is 17.1. The van der Waals surface area contributed by atoms with Gasteiger partial charge >= 0.3 is 5.97 Å². The van der Waals surface area contributed by atoms with Gasteiger partial charge in [0.05, 0.1) is 6.07 Å². The maximum atomic E-state index is 11.9. The van der Waals surface area contributed by atoms with Gasteiger partial charge in [0.1, 0.15) is 6.04 Å². The van der Waals surface area contributed by atoms with Gasteiger partial charge in [-0.1, -0.05) is 17.7 Å². The van der Waals surface area contributed by atoms with Gasteiger partial charge in [-0.05, 0) is 12.1 Å². The van der Waals surface area contributed by atoms with Crippen LogP contribution < -0.4 is 0 Å². The highest BCUT2D eigenvalue weighted by Gasteiger charge is 2.31. The zero-order valence-corrected chi connectivity index (χ0v) is 14.0. The summed E-state index contributed by atoms with van der Waals surface area (Å²) >= 11 is 6.00. The van der Waals surface area contributed by atoms with Gasteiger partial charge < -0.3 is 10.1 Å². The molecule has 0 amide bonds. The molecule has 2 heterocycles. The first kappa shape index (κ1) is 16.8. The minimum Gasteiger partial charge on any atom is -0.480 e. The van der Waals surface area contributed by atoms with Gasteiger partial charge in [0, 0.05) is 66.8 Å². The lowest BCUT2D eigenvalue weighted by molar-refractivity contribution is -0.144. The number of carbonyl (C=O) groups is 1. The number of H-pyrrole nitrogens is 1. The monoisotopic (exact) mass is 346 g/mol. The number of aromatic nitrogens is 1. The molecule has 0 saturated carbocycles. The predicted octanol–water partition coefficient (Wildman–Crippen LogP) is 2.48. The number of aliphatic carboxylic acids is 1. The van der Waals surface area contributed by atoms with E-state index in [1.54, 1.807) is 18.3 Å². The quantitative estimate of drug-likeness (QED) is 0.869. The van der Waals surface area contributed by atoms with E-state index < -0.39 is 12.0 Å². The summed E-state index contributed by atoms with van der Waals surface area (Å²) in [4.78, 5) is 19.2. The van der Waals surface area contributed by atoms with Crippen molar-refractivity contribution < 1.29 is 9.90 Å². The molecule has 0 unspecified atom stereocenters. The van der Waals surface area contributed by atoms with Crippen LogP contribution in [0.2, 0.25) is 5.02 Å². The number of aromatic amines is 1. The first-order valence-corrected chi connectivity index (χ1v) is 8.30. The number of nitrogens with one attached hydrogen (secondary N) is 1. The summed E-state index contributed by atoms with van der Waals surface area (Å²) in [5, 5.41) is 20.0. The molecule has 24 heavy (non-hydrogen) atoms. The average molecular weight is 347 g/mol. The van der Waals surface area contributed by atoms with Gasteiger partial charge in [0.25, 0.3) is 0 Å². The number of piperazine rings is 1. The van der Waals surface area contributed by atoms with E-state index in [-0.39, 0.29) is 0 Å². The van der Waals surface area contributed by atoms with Crippen LogP contribution in [0.1, 0.15) is 18.0 Å². The van der Waals surface area contributed by atoms with Crippen LogP contribution in [0.25, 0.3) is 10.9 Å². The Morgan fingerprint density at radius 3 is 2.79 bits per heavy atom. The summed E-state index contributed by atoms with van der Waals surface area (Å²) in [5.74, 6) is -0.851. The highest BCUT2D eigenvalue weighted by molar-refractivity contribution is 6.31. The second-order valence-electron chi connectivity index (χ2n) is 5.96. The second kappa shape index (κ2) is 7.22. The number of halogens is 1. The number of carboxylic acids is 1. The van der Waals surface area contributed by atoms with Crippen molar-refractivity contribution in [3.05, 3.63) is 35.0 Å². The Balaban J connectivity index is 1.81. The topological polar surface area (TPSA) is 83.4 Å². The highest BCUT2D eigenvalue weighted by atomic mass is 35.5. The molecule has 1 aliphatic heterocycles. The van der Waals surface area contributed by atoms with E-state index in [0.29, 0.717) is 24.5 Å². The smallest absolute Gasteiger partial charge is 0.325 e. The number of hydrogen-bond donors (Lipinski definition) is 2. The molecule has 1 atom stereocenters. The first-order valence-electron chi connectivity index (χ1n) is 7.93. The van der Waals surface area contributed by atoms with Crippen LogP contribution in [0.4, 0.5) is 0 Å². The molecule has 0 radical (unpaired) electrons. The lowest BCUT2D eigenvalue weighted by Gasteiger charge is -2.37. The van der Waals surface area contributed by atoms with Crippen LogP contribution in [0.5, 0.6) is 0 Å². The minimum absolute atomic E-state index is 0.506. The average Bonchev–Trinajstić information content (AvgIpc) is 2.97. The maximum absolute atomic E-state index is 11.9. The van der Waals surface area contributed by atoms with E-state index in [2.05, 4.69) is 16.0 Å². The Bertz CT molecular complexity index is 774. The number of rotatable bonds is 5. The van der Waals surface area contributed by atoms with Crippen molar-refractivity contribution in [3.63, 3.8) is 0 Å². The number of fused-ring (bicyclic) bond motifs is 1. The second-order valence-corrected chi connectivity index (χ2v) is 6.40. The maximum Gasteiger partial charge on any atom is 0.325 e. The van der Waals surface area contributed by atoms with Crippen LogP contribution in [-0.4, -0.2) is 58.6 Å². The summed E-state index contributed by atoms with van der Waals surface area (Å²) in [6, 6.07) is 6.91. The van der Waals surface area contributed by atoms with Gasteiger partial charge in [0.15, 0.2) is 0 Å². The normalized spacial score (nSPS) is 17.7. The molecule has 1 aliphatic rings. The molecular weight excluding hydrogens is 328 g/mol. The van der Waals surface area contributed by atoms with Crippen molar-refractivity contribution >= 4 is 28.5 Å². The van der Waals surface area contributed by atoms with E-state index >= 15 is 0 Å². The summed E-state index contributed by atoms with van der Waals surface area (Å²) in [7, 11) is 0. The van der Waals surface area contributed by atoms with E-state index in [1.807, 2.05) is 11.0 Å². The van der Waals surface area contributed by atoms with E-state index in [4.69, 9.17) is 16.9 Å². The van der Waals surface area contributed by atoms with E-state index in [9.17, 15) is 9.90 Å². The summed E-state index contributed by atoms with van der Waals surface area (Å²) < 4.78 is 0. The number of nitrogens with zero attached hydrogens (tertiary/aromatic N) is 3. The molecule has 2 aromatic rings. The Labute approximate surface area is 145 Å². The van der Waals surface area contributed by atoms with Crippen molar-refractivity contribution in [2.24, 2.45) is 0 Å². The number of nitriles is 1. The standard InChI is InChI=1S/C17H19ClN4O2/c18-12-2-3-13-14(11-20-15(13)10-12)16(17(23)24)22-8-6-21(7-9-22)5-1-4-19/h2-3,10-11,16,20H,1,5-9H2,(H,23,24)/t16-/m1/s1. The van der Waals surface area contributed by atoms with Crippen molar-refractivity contribution in [3.8, 4) is 6.07 Å². The van der Waals surface area contributed by atoms with Crippen molar-refractivity contribution in [2.45, 2.75) is 12.5 Å². The van der Waals surface area contributed by atoms with Gasteiger partial charge in [-0.25, -0.2) is 0 Å². The van der Waals surface area contributed by atoms with Crippen LogP contribution in [0.15, 0.2) is 24.4 Å². The fourth-order valence-corrected chi connectivity index (χ4v) is 3.46. The molecule has 0 bridgehead atoms. The largest absolute Gasteiger partial charge is 0.480 e. The number of benzene rings is 1. The minimum atomic E-state index is -0.851. The Hall–Kier alpha value is -2.07. The molecule has 1 fully saturated rings. The molecule has 1 saturated heterocycles. The third-order valence-electron chi connectivity index (χ3n) is 4.52. The lowest BCUT2D eigenvalue weighted by atomic mass is 10.0. The third kappa shape index (κ3) is 3.39. The molecule has 1 aromatic heterocycles. The zero-order valence-electron chi connectivity index (χ0n) is 13.2. The fourth-order valence-electron chi connectivity index (χ4n) is 3.29. The Kier molecular flexibility index (Phi) is 5.05. The fraction of sp³-hybridized carbons (Fsp3) is 0.412. The van der Waals surface area contributed by atoms with E-state index in [1.165, 1.54) is 0 Å².